The molecule has 0 aliphatic heterocycles. The third-order valence-corrected chi connectivity index (χ3v) is 4.39. The Morgan fingerprint density at radius 1 is 1.16 bits per heavy atom. The first kappa shape index (κ1) is 22.2. The summed E-state index contributed by atoms with van der Waals surface area (Å²) < 4.78 is 12.2. The molecule has 32 heavy (non-hydrogen) atoms. The zero-order valence-corrected chi connectivity index (χ0v) is 17.1. The van der Waals surface area contributed by atoms with Crippen LogP contribution in [0.15, 0.2) is 54.7 Å². The number of carbonyl (C=O) groups is 1. The van der Waals surface area contributed by atoms with Crippen molar-refractivity contribution in [3.05, 3.63) is 91.8 Å². The normalized spacial score (nSPS) is 10.8. The smallest absolute Gasteiger partial charge is 0.318 e. The van der Waals surface area contributed by atoms with Crippen molar-refractivity contribution in [1.29, 1.82) is 0 Å². The molecule has 0 saturated heterocycles. The maximum atomic E-state index is 12.4. The third kappa shape index (κ3) is 5.14. The van der Waals surface area contributed by atoms with Gasteiger partial charge in [0.15, 0.2) is 0 Å². The summed E-state index contributed by atoms with van der Waals surface area (Å²) in [5.41, 5.74) is 0.542. The molecule has 164 valence electrons. The molecule has 0 spiro atoms. The number of benzene rings is 2. The highest BCUT2D eigenvalue weighted by atomic mass is 16.6. The van der Waals surface area contributed by atoms with Crippen LogP contribution in [0.25, 0.3) is 6.08 Å². The Balaban J connectivity index is 1.79. The average molecular weight is 438 g/mol. The number of non-ortho nitro benzene ring substituents is 1. The van der Waals surface area contributed by atoms with Gasteiger partial charge < -0.3 is 9.47 Å². The monoisotopic (exact) mass is 438 g/mol. The van der Waals surface area contributed by atoms with Crippen molar-refractivity contribution in [3.8, 4) is 11.5 Å². The van der Waals surface area contributed by atoms with Crippen LogP contribution in [0.3, 0.4) is 0 Å². The Hall–Kier alpha value is -4.54. The number of allylic oxidation sites excluding steroid dienone is 1. The van der Waals surface area contributed by atoms with Crippen molar-refractivity contribution in [2.45, 2.75) is 6.61 Å². The fourth-order valence-electron chi connectivity index (χ4n) is 2.90. The number of carbonyl (C=O) groups excluding carboxylic acids is 1. The molecule has 11 heteroatoms. The number of ether oxygens (including phenoxy) is 2. The van der Waals surface area contributed by atoms with Gasteiger partial charge in [-0.3, -0.25) is 29.7 Å². The van der Waals surface area contributed by atoms with Gasteiger partial charge in [0, 0.05) is 18.7 Å². The topological polar surface area (TPSA) is 140 Å². The number of aromatic nitrogens is 2. The Bertz CT molecular complexity index is 1220. The summed E-state index contributed by atoms with van der Waals surface area (Å²) in [5.74, 6) is 0.238. The van der Waals surface area contributed by atoms with Gasteiger partial charge in [-0.15, -0.1) is 0 Å². The maximum absolute atomic E-state index is 12.4. The number of nitrogens with zero attached hydrogens (tertiary/aromatic N) is 4. The molecule has 0 radical (unpaired) electrons. The van der Waals surface area contributed by atoms with Gasteiger partial charge in [-0.25, -0.2) is 0 Å². The SMILES string of the molecule is COc1ccc(/C=C/C(=O)c2nn(C)cc2[N+](=O)[O-])cc1COc1cccc([N+](=O)[O-])c1. The zero-order valence-electron chi connectivity index (χ0n) is 17.1. The van der Waals surface area contributed by atoms with E-state index >= 15 is 0 Å². The molecule has 3 aromatic rings. The van der Waals surface area contributed by atoms with Crippen LogP contribution in [-0.2, 0) is 13.7 Å². The van der Waals surface area contributed by atoms with Crippen LogP contribution in [0.5, 0.6) is 11.5 Å². The van der Waals surface area contributed by atoms with Crippen LogP contribution in [0, 0.1) is 20.2 Å². The molecule has 0 unspecified atom stereocenters. The molecule has 0 fully saturated rings. The molecule has 2 aromatic carbocycles. The van der Waals surface area contributed by atoms with Gasteiger partial charge in [0.2, 0.25) is 11.5 Å². The lowest BCUT2D eigenvalue weighted by Crippen LogP contribution is -2.01. The molecule has 0 aliphatic rings. The van der Waals surface area contributed by atoms with Crippen LogP contribution < -0.4 is 9.47 Å². The first-order valence-corrected chi connectivity index (χ1v) is 9.23. The molecule has 0 amide bonds. The van der Waals surface area contributed by atoms with Crippen LogP contribution in [-0.4, -0.2) is 32.5 Å². The Morgan fingerprint density at radius 3 is 2.62 bits per heavy atom. The minimum Gasteiger partial charge on any atom is -0.496 e. The van der Waals surface area contributed by atoms with E-state index < -0.39 is 15.6 Å². The zero-order chi connectivity index (χ0) is 23.3. The van der Waals surface area contributed by atoms with Gasteiger partial charge in [0.25, 0.3) is 5.69 Å². The largest absolute Gasteiger partial charge is 0.496 e. The Labute approximate surface area is 181 Å². The van der Waals surface area contributed by atoms with Gasteiger partial charge >= 0.3 is 5.69 Å². The van der Waals surface area contributed by atoms with Crippen molar-refractivity contribution < 1.29 is 24.1 Å². The van der Waals surface area contributed by atoms with E-state index in [-0.39, 0.29) is 23.7 Å². The van der Waals surface area contributed by atoms with E-state index in [9.17, 15) is 25.0 Å². The summed E-state index contributed by atoms with van der Waals surface area (Å²) in [6.45, 7) is 0.0612. The van der Waals surface area contributed by atoms with E-state index in [2.05, 4.69) is 5.10 Å². The number of nitro benzene ring substituents is 1. The molecular weight excluding hydrogens is 420 g/mol. The molecule has 0 N–H and O–H groups in total. The molecule has 0 bridgehead atoms. The molecule has 11 nitrogen and oxygen atoms in total. The highest BCUT2D eigenvalue weighted by molar-refractivity contribution is 6.07. The first-order valence-electron chi connectivity index (χ1n) is 9.23. The van der Waals surface area contributed by atoms with Gasteiger partial charge in [-0.05, 0) is 29.8 Å². The lowest BCUT2D eigenvalue weighted by atomic mass is 10.1. The lowest BCUT2D eigenvalue weighted by Gasteiger charge is -2.11. The molecule has 0 saturated carbocycles. The fraction of sp³-hybridized carbons (Fsp3) is 0.143. The third-order valence-electron chi connectivity index (χ3n) is 4.39. The summed E-state index contributed by atoms with van der Waals surface area (Å²) >= 11 is 0. The van der Waals surface area contributed by atoms with E-state index in [1.54, 1.807) is 24.3 Å². The number of ketones is 1. The highest BCUT2D eigenvalue weighted by Crippen LogP contribution is 2.25. The van der Waals surface area contributed by atoms with Gasteiger partial charge in [0.1, 0.15) is 24.3 Å². The van der Waals surface area contributed by atoms with Crippen molar-refractivity contribution in [1.82, 2.24) is 9.78 Å². The van der Waals surface area contributed by atoms with E-state index in [1.165, 1.54) is 49.2 Å². The van der Waals surface area contributed by atoms with Crippen LogP contribution in [0.1, 0.15) is 21.6 Å². The predicted octanol–water partition coefficient (Wildman–Crippen LogP) is 3.72. The van der Waals surface area contributed by atoms with E-state index in [1.807, 2.05) is 0 Å². The van der Waals surface area contributed by atoms with Gasteiger partial charge in [-0.1, -0.05) is 18.2 Å². The molecule has 1 heterocycles. The molecule has 3 rings (SSSR count). The molecular formula is C21H18N4O7. The minimum atomic E-state index is -0.662. The summed E-state index contributed by atoms with van der Waals surface area (Å²) in [7, 11) is 2.98. The second kappa shape index (κ2) is 9.51. The minimum absolute atomic E-state index is 0.0612. The number of nitro groups is 2. The molecule has 0 atom stereocenters. The number of methoxy groups -OCH3 is 1. The second-order valence-corrected chi connectivity index (χ2v) is 6.61. The van der Waals surface area contributed by atoms with Crippen LogP contribution >= 0.6 is 0 Å². The quantitative estimate of drug-likeness (QED) is 0.213. The predicted molar refractivity (Wildman–Crippen MR) is 114 cm³/mol. The number of hydrogen-bond acceptors (Lipinski definition) is 8. The van der Waals surface area contributed by atoms with Gasteiger partial charge in [-0.2, -0.15) is 5.10 Å². The standard InChI is InChI=1S/C21H18N4O7/c1-23-12-18(25(29)30)21(22-23)19(26)8-6-14-7-9-20(31-2)15(10-14)13-32-17-5-3-4-16(11-17)24(27)28/h3-12H,13H2,1-2H3/b8-6+. The van der Waals surface area contributed by atoms with E-state index in [0.29, 0.717) is 22.6 Å². The van der Waals surface area contributed by atoms with Crippen molar-refractivity contribution in [3.63, 3.8) is 0 Å². The number of hydrogen-bond donors (Lipinski definition) is 0. The van der Waals surface area contributed by atoms with E-state index in [4.69, 9.17) is 9.47 Å². The summed E-state index contributed by atoms with van der Waals surface area (Å²) in [5, 5.41) is 25.9. The number of rotatable bonds is 9. The van der Waals surface area contributed by atoms with E-state index in [0.717, 1.165) is 6.20 Å². The Kier molecular flexibility index (Phi) is 6.59. The lowest BCUT2D eigenvalue weighted by molar-refractivity contribution is -0.385. The number of aryl methyl sites for hydroxylation is 1. The summed E-state index contributed by atoms with van der Waals surface area (Å²) in [4.78, 5) is 33.2. The average Bonchev–Trinajstić information content (AvgIpc) is 3.18. The fourth-order valence-corrected chi connectivity index (χ4v) is 2.90. The van der Waals surface area contributed by atoms with Crippen LogP contribution in [0.4, 0.5) is 11.4 Å². The van der Waals surface area contributed by atoms with Gasteiger partial charge in [0.05, 0.1) is 23.0 Å². The molecule has 0 aliphatic carbocycles. The van der Waals surface area contributed by atoms with Crippen molar-refractivity contribution in [2.24, 2.45) is 7.05 Å². The molecule has 1 aromatic heterocycles. The first-order chi connectivity index (χ1) is 15.3. The van der Waals surface area contributed by atoms with Crippen LogP contribution in [0.2, 0.25) is 0 Å². The Morgan fingerprint density at radius 2 is 1.94 bits per heavy atom. The second-order valence-electron chi connectivity index (χ2n) is 6.61. The maximum Gasteiger partial charge on any atom is 0.318 e. The van der Waals surface area contributed by atoms with Crippen molar-refractivity contribution in [2.75, 3.05) is 7.11 Å². The summed E-state index contributed by atoms with van der Waals surface area (Å²) in [6, 6.07) is 10.9. The summed E-state index contributed by atoms with van der Waals surface area (Å²) in [6.07, 6.45) is 3.86. The van der Waals surface area contributed by atoms with Crippen molar-refractivity contribution >= 4 is 23.2 Å². The highest BCUT2D eigenvalue weighted by Gasteiger charge is 2.23.